The number of hydrogen-bond donors (Lipinski definition) is 1. The minimum Gasteiger partial charge on any atom is -0.371 e. The summed E-state index contributed by atoms with van der Waals surface area (Å²) in [5.41, 5.74) is 1.34. The van der Waals surface area contributed by atoms with Crippen LogP contribution in [-0.4, -0.2) is 43.8 Å². The van der Waals surface area contributed by atoms with E-state index in [-0.39, 0.29) is 23.2 Å². The first-order chi connectivity index (χ1) is 14.0. The first kappa shape index (κ1) is 19.6. The molecule has 7 nitrogen and oxygen atoms in total. The second-order valence-corrected chi connectivity index (χ2v) is 8.71. The number of carbonyl (C=O) groups excluding carboxylic acids is 3. The van der Waals surface area contributed by atoms with Crippen LogP contribution in [0.5, 0.6) is 0 Å². The number of ketones is 2. The average Bonchev–Trinajstić information content (AvgIpc) is 3.16. The summed E-state index contributed by atoms with van der Waals surface area (Å²) < 4.78 is 1.21. The zero-order chi connectivity index (χ0) is 20.4. The topological polar surface area (TPSA) is 94.0 Å². The Morgan fingerprint density at radius 3 is 2.69 bits per heavy atom. The molecule has 0 aliphatic heterocycles. The molecule has 29 heavy (non-hydrogen) atoms. The van der Waals surface area contributed by atoms with Crippen molar-refractivity contribution in [3.63, 3.8) is 0 Å². The maximum Gasteiger partial charge on any atom is 0.271 e. The van der Waals surface area contributed by atoms with Crippen LogP contribution >= 0.6 is 11.8 Å². The fourth-order valence-electron chi connectivity index (χ4n) is 3.62. The quantitative estimate of drug-likeness (QED) is 0.757. The average molecular weight is 410 g/mol. The predicted octanol–water partition coefficient (Wildman–Crippen LogP) is 3.04. The Kier molecular flexibility index (Phi) is 5.62. The van der Waals surface area contributed by atoms with Gasteiger partial charge in [-0.25, -0.2) is 0 Å². The van der Waals surface area contributed by atoms with Crippen molar-refractivity contribution in [2.24, 2.45) is 0 Å². The van der Waals surface area contributed by atoms with Gasteiger partial charge in [-0.15, -0.1) is 16.9 Å². The van der Waals surface area contributed by atoms with Crippen LogP contribution in [0.1, 0.15) is 43.8 Å². The lowest BCUT2D eigenvalue weighted by atomic mass is 10.0. The highest BCUT2D eigenvalue weighted by Gasteiger charge is 2.27. The molecule has 1 saturated carbocycles. The number of para-hydroxylation sites is 1. The maximum atomic E-state index is 12.8. The predicted molar refractivity (Wildman–Crippen MR) is 111 cm³/mol. The summed E-state index contributed by atoms with van der Waals surface area (Å²) in [5, 5.41) is 11.2. The molecule has 0 radical (unpaired) electrons. The highest BCUT2D eigenvalue weighted by molar-refractivity contribution is 8.04. The van der Waals surface area contributed by atoms with Crippen LogP contribution < -0.4 is 5.32 Å². The van der Waals surface area contributed by atoms with Crippen molar-refractivity contribution in [3.05, 3.63) is 47.0 Å². The number of hydrogen-bond acceptors (Lipinski definition) is 7. The molecule has 4 rings (SSSR count). The number of fused-ring (bicyclic) bond motifs is 1. The summed E-state index contributed by atoms with van der Waals surface area (Å²) in [4.78, 5) is 38.3. The van der Waals surface area contributed by atoms with Crippen LogP contribution in [0.4, 0.5) is 0 Å². The number of rotatable bonds is 5. The summed E-state index contributed by atoms with van der Waals surface area (Å²) in [6.07, 6.45) is 8.44. The van der Waals surface area contributed by atoms with Gasteiger partial charge in [-0.05, 0) is 31.9 Å². The number of benzene rings is 1. The van der Waals surface area contributed by atoms with Gasteiger partial charge in [-0.1, -0.05) is 36.6 Å². The van der Waals surface area contributed by atoms with E-state index in [0.717, 1.165) is 12.8 Å². The van der Waals surface area contributed by atoms with Crippen molar-refractivity contribution in [2.75, 3.05) is 0 Å². The number of carbonyl (C=O) groups is 3. The molecule has 1 aromatic heterocycles. The maximum absolute atomic E-state index is 12.8. The van der Waals surface area contributed by atoms with Crippen molar-refractivity contribution in [1.29, 1.82) is 0 Å². The molecular formula is C21H22N4O3S. The normalized spacial score (nSPS) is 19.1. The molecule has 2 aromatic rings. The highest BCUT2D eigenvalue weighted by Crippen LogP contribution is 2.34. The Bertz CT molecular complexity index is 1030. The van der Waals surface area contributed by atoms with Gasteiger partial charge >= 0.3 is 0 Å². The molecule has 150 valence electrons. The number of thioether (sulfide) groups is 1. The van der Waals surface area contributed by atoms with Crippen LogP contribution in [0, 0.1) is 0 Å². The molecular weight excluding hydrogens is 388 g/mol. The first-order valence-corrected chi connectivity index (χ1v) is 10.7. The second-order valence-electron chi connectivity index (χ2n) is 7.37. The molecule has 1 fully saturated rings. The molecule has 1 atom stereocenters. The summed E-state index contributed by atoms with van der Waals surface area (Å²) >= 11 is 1.51. The van der Waals surface area contributed by atoms with Crippen molar-refractivity contribution in [3.8, 4) is 0 Å². The van der Waals surface area contributed by atoms with E-state index in [1.807, 2.05) is 6.07 Å². The summed E-state index contributed by atoms with van der Waals surface area (Å²) in [6.45, 7) is 1.63. The van der Waals surface area contributed by atoms with E-state index < -0.39 is 6.04 Å². The molecule has 0 saturated heterocycles. The smallest absolute Gasteiger partial charge is 0.271 e. The van der Waals surface area contributed by atoms with Crippen LogP contribution in [0.15, 0.2) is 47.0 Å². The van der Waals surface area contributed by atoms with E-state index in [2.05, 4.69) is 15.6 Å². The monoisotopic (exact) mass is 410 g/mol. The van der Waals surface area contributed by atoms with E-state index in [4.69, 9.17) is 0 Å². The molecule has 1 heterocycles. The SMILES string of the molecule is CC(NC1=CC(=O)C(SC2CCCCC2)=CC1=O)C(=O)n1nnc2ccccc21. The number of allylic oxidation sites excluding steroid dienone is 3. The molecule has 1 unspecified atom stereocenters. The third-order valence-corrected chi connectivity index (χ3v) is 6.57. The Labute approximate surface area is 172 Å². The highest BCUT2D eigenvalue weighted by atomic mass is 32.2. The summed E-state index contributed by atoms with van der Waals surface area (Å²) in [7, 11) is 0. The van der Waals surface area contributed by atoms with Gasteiger partial charge in [0.25, 0.3) is 5.91 Å². The van der Waals surface area contributed by atoms with Gasteiger partial charge < -0.3 is 5.32 Å². The Morgan fingerprint density at radius 1 is 1.14 bits per heavy atom. The van der Waals surface area contributed by atoms with Gasteiger partial charge in [-0.2, -0.15) is 4.68 Å². The van der Waals surface area contributed by atoms with Crippen molar-refractivity contribution < 1.29 is 14.4 Å². The third-order valence-electron chi connectivity index (χ3n) is 5.19. The summed E-state index contributed by atoms with van der Waals surface area (Å²) in [5.74, 6) is -0.828. The van der Waals surface area contributed by atoms with E-state index >= 15 is 0 Å². The number of nitrogens with one attached hydrogen (secondary N) is 1. The third kappa shape index (κ3) is 4.17. The van der Waals surface area contributed by atoms with E-state index in [1.54, 1.807) is 25.1 Å². The first-order valence-electron chi connectivity index (χ1n) is 9.83. The molecule has 2 aliphatic rings. The molecule has 2 aliphatic carbocycles. The fourth-order valence-corrected chi connectivity index (χ4v) is 4.90. The van der Waals surface area contributed by atoms with E-state index in [0.29, 0.717) is 21.2 Å². The zero-order valence-corrected chi connectivity index (χ0v) is 16.9. The molecule has 8 heteroatoms. The number of nitrogens with zero attached hydrogens (tertiary/aromatic N) is 3. The zero-order valence-electron chi connectivity index (χ0n) is 16.1. The second kappa shape index (κ2) is 8.32. The van der Waals surface area contributed by atoms with Gasteiger partial charge in [0.1, 0.15) is 11.6 Å². The summed E-state index contributed by atoms with van der Waals surface area (Å²) in [6, 6.07) is 6.40. The minimum atomic E-state index is -0.746. The molecule has 1 N–H and O–H groups in total. The lowest BCUT2D eigenvalue weighted by molar-refractivity contribution is -0.115. The van der Waals surface area contributed by atoms with Crippen LogP contribution in [0.3, 0.4) is 0 Å². The van der Waals surface area contributed by atoms with Crippen LogP contribution in [-0.2, 0) is 9.59 Å². The lowest BCUT2D eigenvalue weighted by Gasteiger charge is -2.23. The van der Waals surface area contributed by atoms with Gasteiger partial charge in [0.2, 0.25) is 5.78 Å². The Morgan fingerprint density at radius 2 is 1.90 bits per heavy atom. The lowest BCUT2D eigenvalue weighted by Crippen LogP contribution is -2.40. The minimum absolute atomic E-state index is 0.133. The van der Waals surface area contributed by atoms with Crippen LogP contribution in [0.25, 0.3) is 11.0 Å². The number of aromatic nitrogens is 3. The van der Waals surface area contributed by atoms with Gasteiger partial charge in [-0.3, -0.25) is 14.4 Å². The van der Waals surface area contributed by atoms with Crippen molar-refractivity contribution >= 4 is 40.3 Å². The molecule has 0 spiro atoms. The molecule has 1 aromatic carbocycles. The molecule has 0 bridgehead atoms. The van der Waals surface area contributed by atoms with E-state index in [9.17, 15) is 14.4 Å². The van der Waals surface area contributed by atoms with E-state index in [1.165, 1.54) is 47.9 Å². The van der Waals surface area contributed by atoms with Gasteiger partial charge in [0.05, 0.1) is 16.1 Å². The Balaban J connectivity index is 1.44. The van der Waals surface area contributed by atoms with Crippen LogP contribution in [0.2, 0.25) is 0 Å². The Hall–Kier alpha value is -2.74. The molecule has 0 amide bonds. The van der Waals surface area contributed by atoms with Gasteiger partial charge in [0, 0.05) is 17.4 Å². The fraction of sp³-hybridized carbons (Fsp3) is 0.381. The largest absolute Gasteiger partial charge is 0.371 e. The van der Waals surface area contributed by atoms with Crippen molar-refractivity contribution in [2.45, 2.75) is 50.3 Å². The standard InChI is InChI=1S/C21H22N4O3S/c1-13(21(28)25-17-10-6-5-9-15(17)23-24-25)22-16-11-19(27)20(12-18(16)26)29-14-7-3-2-4-8-14/h5-6,9-14,22H,2-4,7-8H2,1H3. The van der Waals surface area contributed by atoms with Crippen molar-refractivity contribution in [1.82, 2.24) is 20.3 Å². The van der Waals surface area contributed by atoms with Gasteiger partial charge in [0.15, 0.2) is 5.78 Å².